The summed E-state index contributed by atoms with van der Waals surface area (Å²) in [5, 5.41) is 7.00. The second-order valence-electron chi connectivity index (χ2n) is 9.28. The molecule has 37 heavy (non-hydrogen) atoms. The molecular weight excluding hydrogens is 477 g/mol. The van der Waals surface area contributed by atoms with Gasteiger partial charge in [-0.3, -0.25) is 0 Å². The Bertz CT molecular complexity index is 1200. The normalized spacial score (nSPS) is 17.8. The molecule has 1 aliphatic rings. The van der Waals surface area contributed by atoms with Crippen molar-refractivity contribution in [1.82, 2.24) is 0 Å². The van der Waals surface area contributed by atoms with Crippen LogP contribution in [0.4, 0.5) is 18.9 Å². The third kappa shape index (κ3) is 7.07. The Morgan fingerprint density at radius 3 is 2.11 bits per heavy atom. The molecule has 4 rings (SSSR count). The van der Waals surface area contributed by atoms with Gasteiger partial charge in [0.2, 0.25) is 0 Å². The molecule has 3 aromatic carbocycles. The van der Waals surface area contributed by atoms with Gasteiger partial charge in [0, 0.05) is 25.2 Å². The van der Waals surface area contributed by atoms with E-state index >= 15 is 0 Å². The van der Waals surface area contributed by atoms with Crippen LogP contribution in [0.2, 0.25) is 0 Å². The highest BCUT2D eigenvalue weighted by Gasteiger charge is 2.22. The molecule has 0 bridgehead atoms. The Balaban J connectivity index is 0.00000186. The lowest BCUT2D eigenvalue weighted by atomic mass is 9.77. The van der Waals surface area contributed by atoms with E-state index in [1.165, 1.54) is 5.56 Å². The van der Waals surface area contributed by atoms with Crippen molar-refractivity contribution in [3.8, 4) is 11.1 Å². The fourth-order valence-corrected chi connectivity index (χ4v) is 4.82. The minimum atomic E-state index is -2.88. The Morgan fingerprint density at radius 2 is 1.57 bits per heavy atom. The largest absolute Gasteiger partial charge is 0.400 e. The van der Waals surface area contributed by atoms with E-state index in [4.69, 9.17) is 10.8 Å². The number of hydrogen-bond donors (Lipinski definition) is 2. The van der Waals surface area contributed by atoms with Gasteiger partial charge in [0.05, 0.1) is 11.3 Å². The summed E-state index contributed by atoms with van der Waals surface area (Å²) in [5.41, 5.74) is 10.3. The molecular formula is C30H33F3N2O2. The van der Waals surface area contributed by atoms with Crippen molar-refractivity contribution in [2.75, 3.05) is 7.11 Å². The summed E-state index contributed by atoms with van der Waals surface area (Å²) in [6.07, 6.45) is 3.31. The van der Waals surface area contributed by atoms with E-state index in [1.807, 2.05) is 24.3 Å². The number of aryl methyl sites for hydroxylation is 1. The standard InChI is InChI=1S/C29H29F3N2O.CH4O/c1-18-16-25(28(31)32)26(30)17-27(18)34-29(33)24-12-10-23(11-13-24)22-8-6-21(7-9-22)20-4-2-19(3-5-20)14-15-35;1-2/h6-13,15-17,19-20,28H,2-5,14H2,1H3,(H2,33,34);2H,1H3. The summed E-state index contributed by atoms with van der Waals surface area (Å²) in [7, 11) is 1.00. The van der Waals surface area contributed by atoms with Crippen molar-refractivity contribution in [2.45, 2.75) is 51.4 Å². The molecule has 0 aliphatic heterocycles. The highest BCUT2D eigenvalue weighted by Crippen LogP contribution is 2.37. The molecule has 3 N–H and O–H groups in total. The molecule has 0 saturated heterocycles. The third-order valence-corrected chi connectivity index (χ3v) is 6.96. The zero-order valence-corrected chi connectivity index (χ0v) is 21.1. The number of nitrogens with zero attached hydrogens (tertiary/aromatic N) is 1. The van der Waals surface area contributed by atoms with E-state index in [1.54, 1.807) is 6.92 Å². The zero-order chi connectivity index (χ0) is 26.9. The van der Waals surface area contributed by atoms with Crippen LogP contribution < -0.4 is 5.73 Å². The maximum absolute atomic E-state index is 14.0. The van der Waals surface area contributed by atoms with Crippen LogP contribution in [0.3, 0.4) is 0 Å². The fourth-order valence-electron chi connectivity index (χ4n) is 4.82. The van der Waals surface area contributed by atoms with Crippen molar-refractivity contribution in [3.05, 3.63) is 88.7 Å². The number of aliphatic hydroxyl groups is 1. The van der Waals surface area contributed by atoms with Crippen LogP contribution >= 0.6 is 0 Å². The van der Waals surface area contributed by atoms with Gasteiger partial charge in [0.1, 0.15) is 17.9 Å². The lowest BCUT2D eigenvalue weighted by Crippen LogP contribution is -2.13. The van der Waals surface area contributed by atoms with Crippen molar-refractivity contribution in [1.29, 1.82) is 0 Å². The number of hydrogen-bond acceptors (Lipinski definition) is 3. The number of benzene rings is 3. The number of carbonyl (C=O) groups excluding carboxylic acids is 1. The Hall–Kier alpha value is -3.45. The number of aliphatic imine (C=N–C) groups is 1. The maximum atomic E-state index is 14.0. The molecule has 0 unspecified atom stereocenters. The molecule has 3 aromatic rings. The Kier molecular flexibility index (Phi) is 10.0. The molecule has 0 heterocycles. The van der Waals surface area contributed by atoms with Crippen LogP contribution in [0.5, 0.6) is 0 Å². The van der Waals surface area contributed by atoms with Gasteiger partial charge in [-0.05, 0) is 72.8 Å². The highest BCUT2D eigenvalue weighted by molar-refractivity contribution is 5.99. The van der Waals surface area contributed by atoms with Crippen molar-refractivity contribution in [3.63, 3.8) is 0 Å². The summed E-state index contributed by atoms with van der Waals surface area (Å²) in [6.45, 7) is 1.60. The van der Waals surface area contributed by atoms with Gasteiger partial charge in [-0.1, -0.05) is 48.5 Å². The summed E-state index contributed by atoms with van der Waals surface area (Å²) in [5.74, 6) is 0.278. The average molecular weight is 511 g/mol. The Morgan fingerprint density at radius 1 is 1.00 bits per heavy atom. The lowest BCUT2D eigenvalue weighted by Gasteiger charge is -2.27. The summed E-state index contributed by atoms with van der Waals surface area (Å²) in [4.78, 5) is 15.0. The molecule has 0 amide bonds. The molecule has 1 fully saturated rings. The van der Waals surface area contributed by atoms with Gasteiger partial charge in [-0.25, -0.2) is 18.2 Å². The predicted octanol–water partition coefficient (Wildman–Crippen LogP) is 7.25. The van der Waals surface area contributed by atoms with Gasteiger partial charge in [-0.15, -0.1) is 0 Å². The second kappa shape index (κ2) is 13.2. The molecule has 4 nitrogen and oxygen atoms in total. The third-order valence-electron chi connectivity index (χ3n) is 6.96. The topological polar surface area (TPSA) is 75.7 Å². The number of halogens is 3. The minimum absolute atomic E-state index is 0.185. The molecule has 0 aromatic heterocycles. The van der Waals surface area contributed by atoms with E-state index in [2.05, 4.69) is 29.3 Å². The number of alkyl halides is 2. The number of nitrogens with two attached hydrogens (primary N) is 1. The molecule has 7 heteroatoms. The van der Waals surface area contributed by atoms with E-state index in [0.29, 0.717) is 29.4 Å². The molecule has 1 aliphatic carbocycles. The summed E-state index contributed by atoms with van der Waals surface area (Å²) < 4.78 is 39.7. The van der Waals surface area contributed by atoms with Crippen molar-refractivity contribution < 1.29 is 23.1 Å². The van der Waals surface area contributed by atoms with Crippen LogP contribution in [-0.2, 0) is 4.79 Å². The second-order valence-corrected chi connectivity index (χ2v) is 9.28. The van der Waals surface area contributed by atoms with Gasteiger partial charge in [0.25, 0.3) is 6.43 Å². The van der Waals surface area contributed by atoms with Crippen LogP contribution in [-0.4, -0.2) is 24.3 Å². The van der Waals surface area contributed by atoms with E-state index in [-0.39, 0.29) is 11.5 Å². The van der Waals surface area contributed by atoms with Crippen LogP contribution in [0.25, 0.3) is 11.1 Å². The molecule has 1 saturated carbocycles. The molecule has 196 valence electrons. The minimum Gasteiger partial charge on any atom is -0.400 e. The lowest BCUT2D eigenvalue weighted by molar-refractivity contribution is -0.108. The SMILES string of the molecule is CO.Cc1cc(C(F)F)c(F)cc1N=C(N)c1ccc(-c2ccc(C3CCC(CC=O)CC3)cc2)cc1. The van der Waals surface area contributed by atoms with Crippen LogP contribution in [0, 0.1) is 18.7 Å². The zero-order valence-electron chi connectivity index (χ0n) is 21.1. The first-order valence-electron chi connectivity index (χ1n) is 12.4. The van der Waals surface area contributed by atoms with Crippen molar-refractivity contribution >= 4 is 17.8 Å². The maximum Gasteiger partial charge on any atom is 0.266 e. The highest BCUT2D eigenvalue weighted by atomic mass is 19.3. The monoisotopic (exact) mass is 510 g/mol. The predicted molar refractivity (Wildman–Crippen MR) is 142 cm³/mol. The molecule has 0 spiro atoms. The van der Waals surface area contributed by atoms with Crippen LogP contribution in [0.1, 0.15) is 66.7 Å². The first kappa shape index (κ1) is 28.1. The average Bonchev–Trinajstić information content (AvgIpc) is 2.92. The number of aldehydes is 1. The Labute approximate surface area is 216 Å². The first-order chi connectivity index (χ1) is 17.9. The van der Waals surface area contributed by atoms with Gasteiger partial charge < -0.3 is 15.6 Å². The number of aliphatic hydroxyl groups excluding tert-OH is 1. The van der Waals surface area contributed by atoms with Crippen molar-refractivity contribution in [2.24, 2.45) is 16.6 Å². The summed E-state index contributed by atoms with van der Waals surface area (Å²) in [6, 6.07) is 18.3. The van der Waals surface area contributed by atoms with Crippen LogP contribution in [0.15, 0.2) is 65.7 Å². The quantitative estimate of drug-likeness (QED) is 0.200. The van der Waals surface area contributed by atoms with E-state index < -0.39 is 17.8 Å². The van der Waals surface area contributed by atoms with E-state index in [0.717, 1.165) is 62.3 Å². The number of amidine groups is 1. The number of rotatable bonds is 7. The van der Waals surface area contributed by atoms with E-state index in [9.17, 15) is 18.0 Å². The number of carbonyl (C=O) groups is 1. The van der Waals surface area contributed by atoms with Gasteiger partial charge >= 0.3 is 0 Å². The van der Waals surface area contributed by atoms with Gasteiger partial charge in [0.15, 0.2) is 0 Å². The first-order valence-corrected chi connectivity index (χ1v) is 12.4. The fraction of sp³-hybridized carbons (Fsp3) is 0.333. The molecule has 0 atom stereocenters. The van der Waals surface area contributed by atoms with Gasteiger partial charge in [-0.2, -0.15) is 0 Å². The summed E-state index contributed by atoms with van der Waals surface area (Å²) >= 11 is 0. The molecule has 0 radical (unpaired) electrons. The smallest absolute Gasteiger partial charge is 0.266 e.